The summed E-state index contributed by atoms with van der Waals surface area (Å²) >= 11 is 5.97. The number of hydrogen-bond acceptors (Lipinski definition) is 4. The molecule has 1 aliphatic rings. The molecule has 0 saturated heterocycles. The second-order valence-electron chi connectivity index (χ2n) is 9.89. The monoisotopic (exact) mass is 568 g/mol. The van der Waals surface area contributed by atoms with Crippen molar-refractivity contribution in [2.24, 2.45) is 0 Å². The van der Waals surface area contributed by atoms with Crippen LogP contribution in [0.15, 0.2) is 60.8 Å². The summed E-state index contributed by atoms with van der Waals surface area (Å²) in [6.45, 7) is 5.64. The van der Waals surface area contributed by atoms with Crippen molar-refractivity contribution in [1.82, 2.24) is 19.8 Å². The number of nitrogens with one attached hydrogen (secondary N) is 1. The summed E-state index contributed by atoms with van der Waals surface area (Å²) in [7, 11) is 0. The van der Waals surface area contributed by atoms with E-state index < -0.39 is 6.36 Å². The van der Waals surface area contributed by atoms with E-state index in [1.807, 2.05) is 6.92 Å². The molecule has 1 N–H and O–H groups in total. The van der Waals surface area contributed by atoms with Gasteiger partial charge in [0.2, 0.25) is 0 Å². The molecule has 40 heavy (non-hydrogen) atoms. The Morgan fingerprint density at radius 2 is 1.93 bits per heavy atom. The first-order valence-electron chi connectivity index (χ1n) is 12.8. The number of ether oxygens (including phenoxy) is 1. The Hall–Kier alpha value is -3.82. The Balaban J connectivity index is 1.45. The van der Waals surface area contributed by atoms with Crippen LogP contribution in [-0.2, 0) is 19.5 Å². The molecule has 10 heteroatoms. The number of rotatable bonds is 6. The average molecular weight is 569 g/mol. The topological polar surface area (TPSA) is 59.4 Å². The molecule has 0 saturated carbocycles. The van der Waals surface area contributed by atoms with Gasteiger partial charge in [0.25, 0.3) is 0 Å². The van der Waals surface area contributed by atoms with E-state index in [1.165, 1.54) is 18.6 Å². The summed E-state index contributed by atoms with van der Waals surface area (Å²) < 4.78 is 45.3. The SMILES string of the molecule is Cc1ccc(/C=C/CN2CCc3c(c4cc(OC(F)(F)F)c(C)cc4n3C(=O)NCc3ccnc(Cl)c3)C2)cc1. The van der Waals surface area contributed by atoms with Gasteiger partial charge in [-0.3, -0.25) is 9.47 Å². The van der Waals surface area contributed by atoms with Crippen LogP contribution in [0.4, 0.5) is 18.0 Å². The molecule has 6 nitrogen and oxygen atoms in total. The lowest BCUT2D eigenvalue weighted by Crippen LogP contribution is -2.34. The van der Waals surface area contributed by atoms with Crippen molar-refractivity contribution in [1.29, 1.82) is 0 Å². The maximum absolute atomic E-state index is 13.5. The Labute approximate surface area is 235 Å². The number of amides is 1. The van der Waals surface area contributed by atoms with Gasteiger partial charge in [0.05, 0.1) is 5.52 Å². The maximum atomic E-state index is 13.5. The molecule has 0 aliphatic carbocycles. The molecule has 2 aromatic heterocycles. The van der Waals surface area contributed by atoms with Crippen molar-refractivity contribution in [3.63, 3.8) is 0 Å². The number of aromatic nitrogens is 2. The Bertz CT molecular complexity index is 1580. The largest absolute Gasteiger partial charge is 0.573 e. The summed E-state index contributed by atoms with van der Waals surface area (Å²) in [4.78, 5) is 19.6. The average Bonchev–Trinajstić information content (AvgIpc) is 3.20. The minimum atomic E-state index is -4.82. The molecule has 1 aliphatic heterocycles. The van der Waals surface area contributed by atoms with Gasteiger partial charge in [-0.05, 0) is 60.4 Å². The Kier molecular flexibility index (Phi) is 7.87. The van der Waals surface area contributed by atoms with Crippen molar-refractivity contribution in [2.75, 3.05) is 13.1 Å². The first-order chi connectivity index (χ1) is 19.1. The van der Waals surface area contributed by atoms with Gasteiger partial charge in [0, 0.05) is 49.9 Å². The molecule has 1 amide bonds. The number of alkyl halides is 3. The highest BCUT2D eigenvalue weighted by Gasteiger charge is 2.33. The molecular weight excluding hydrogens is 541 g/mol. The van der Waals surface area contributed by atoms with E-state index in [4.69, 9.17) is 11.6 Å². The molecule has 0 radical (unpaired) electrons. The predicted molar refractivity (Wildman–Crippen MR) is 149 cm³/mol. The Morgan fingerprint density at radius 1 is 1.15 bits per heavy atom. The third-order valence-electron chi connectivity index (χ3n) is 6.94. The normalized spacial score (nSPS) is 14.1. The summed E-state index contributed by atoms with van der Waals surface area (Å²) in [5, 5.41) is 3.80. The van der Waals surface area contributed by atoms with Crippen LogP contribution in [0.5, 0.6) is 5.75 Å². The van der Waals surface area contributed by atoms with Crippen LogP contribution in [-0.4, -0.2) is 39.9 Å². The maximum Gasteiger partial charge on any atom is 0.573 e. The van der Waals surface area contributed by atoms with Crippen molar-refractivity contribution in [3.05, 3.63) is 99.5 Å². The number of carbonyl (C=O) groups is 1. The van der Waals surface area contributed by atoms with Gasteiger partial charge in [-0.15, -0.1) is 13.2 Å². The number of aryl methyl sites for hydroxylation is 2. The van der Waals surface area contributed by atoms with E-state index in [2.05, 4.69) is 56.4 Å². The van der Waals surface area contributed by atoms with Crippen LogP contribution in [0.1, 0.15) is 33.5 Å². The van der Waals surface area contributed by atoms with Gasteiger partial charge >= 0.3 is 12.4 Å². The lowest BCUT2D eigenvalue weighted by molar-refractivity contribution is -0.274. The summed E-state index contributed by atoms with van der Waals surface area (Å²) in [6, 6.07) is 14.2. The van der Waals surface area contributed by atoms with Crippen LogP contribution in [0.25, 0.3) is 17.0 Å². The van der Waals surface area contributed by atoms with Gasteiger partial charge in [-0.2, -0.15) is 0 Å². The fourth-order valence-electron chi connectivity index (χ4n) is 4.99. The zero-order valence-electron chi connectivity index (χ0n) is 22.1. The van der Waals surface area contributed by atoms with Gasteiger partial charge in [0.1, 0.15) is 10.9 Å². The van der Waals surface area contributed by atoms with E-state index in [0.29, 0.717) is 42.1 Å². The zero-order chi connectivity index (χ0) is 28.4. The quantitative estimate of drug-likeness (QED) is 0.254. The van der Waals surface area contributed by atoms with E-state index in [-0.39, 0.29) is 23.9 Å². The number of halogens is 4. The minimum Gasteiger partial charge on any atom is -0.405 e. The van der Waals surface area contributed by atoms with Gasteiger partial charge < -0.3 is 10.1 Å². The van der Waals surface area contributed by atoms with Crippen LogP contribution >= 0.6 is 11.6 Å². The second kappa shape index (κ2) is 11.3. The van der Waals surface area contributed by atoms with Crippen molar-refractivity contribution < 1.29 is 22.7 Å². The van der Waals surface area contributed by atoms with Gasteiger partial charge in [0.15, 0.2) is 0 Å². The van der Waals surface area contributed by atoms with Crippen molar-refractivity contribution in [2.45, 2.75) is 39.7 Å². The first-order valence-corrected chi connectivity index (χ1v) is 13.2. The molecule has 0 unspecified atom stereocenters. The molecule has 5 rings (SSSR count). The van der Waals surface area contributed by atoms with Crippen LogP contribution in [0, 0.1) is 13.8 Å². The van der Waals surface area contributed by atoms with E-state index >= 15 is 0 Å². The van der Waals surface area contributed by atoms with Crippen LogP contribution < -0.4 is 10.1 Å². The smallest absolute Gasteiger partial charge is 0.405 e. The van der Waals surface area contributed by atoms with Gasteiger partial charge in [-0.1, -0.05) is 53.6 Å². The van der Waals surface area contributed by atoms with Crippen LogP contribution in [0.3, 0.4) is 0 Å². The molecule has 208 valence electrons. The van der Waals surface area contributed by atoms with Crippen LogP contribution in [0.2, 0.25) is 5.15 Å². The molecular formula is C30H28ClF3N4O2. The lowest BCUT2D eigenvalue weighted by Gasteiger charge is -2.27. The standard InChI is InChI=1S/C30H28ClF3N4O2/c1-19-5-7-21(8-6-19)4-3-12-37-13-10-25-24(18-37)23-16-27(40-30(32,33)34)20(2)14-26(23)38(25)29(39)36-17-22-9-11-35-28(31)15-22/h3-9,11,14-16H,10,12-13,17-18H2,1-2H3,(H,36,39)/b4-3+. The fraction of sp³-hybridized carbons (Fsp3) is 0.267. The highest BCUT2D eigenvalue weighted by molar-refractivity contribution is 6.29. The van der Waals surface area contributed by atoms with Gasteiger partial charge in [-0.25, -0.2) is 9.78 Å². The lowest BCUT2D eigenvalue weighted by atomic mass is 10.0. The highest BCUT2D eigenvalue weighted by atomic mass is 35.5. The number of nitrogens with zero attached hydrogens (tertiary/aromatic N) is 3. The fourth-order valence-corrected chi connectivity index (χ4v) is 5.18. The second-order valence-corrected chi connectivity index (χ2v) is 10.3. The Morgan fingerprint density at radius 3 is 2.65 bits per heavy atom. The molecule has 0 spiro atoms. The summed E-state index contributed by atoms with van der Waals surface area (Å²) in [6.07, 6.45) is 1.42. The molecule has 0 bridgehead atoms. The van der Waals surface area contributed by atoms with Crippen molar-refractivity contribution in [3.8, 4) is 5.75 Å². The molecule has 2 aromatic carbocycles. The minimum absolute atomic E-state index is 0.222. The third-order valence-corrected chi connectivity index (χ3v) is 7.15. The number of hydrogen-bond donors (Lipinski definition) is 1. The van der Waals surface area contributed by atoms with E-state index in [0.717, 1.165) is 22.4 Å². The summed E-state index contributed by atoms with van der Waals surface area (Å²) in [5.41, 5.74) is 5.49. The van der Waals surface area contributed by atoms with Crippen molar-refractivity contribution >= 4 is 34.6 Å². The molecule has 4 aromatic rings. The predicted octanol–water partition coefficient (Wildman–Crippen LogP) is 7.03. The third kappa shape index (κ3) is 6.32. The first kappa shape index (κ1) is 27.7. The van der Waals surface area contributed by atoms with E-state index in [9.17, 15) is 18.0 Å². The molecule has 0 atom stereocenters. The highest BCUT2D eigenvalue weighted by Crippen LogP contribution is 2.37. The van der Waals surface area contributed by atoms with E-state index in [1.54, 1.807) is 29.0 Å². The number of fused-ring (bicyclic) bond motifs is 3. The number of carbonyl (C=O) groups excluding carboxylic acids is 1. The summed E-state index contributed by atoms with van der Waals surface area (Å²) in [5.74, 6) is -0.275. The zero-order valence-corrected chi connectivity index (χ0v) is 22.8. The molecule has 3 heterocycles. The number of pyridine rings is 1. The molecule has 0 fully saturated rings. The number of benzene rings is 2.